The number of aryl methyl sites for hydroxylation is 1. The van der Waals surface area contributed by atoms with Crippen molar-refractivity contribution in [3.8, 4) is 5.75 Å². The number of ether oxygens (including phenoxy) is 1. The minimum atomic E-state index is -3.89. The van der Waals surface area contributed by atoms with Gasteiger partial charge in [0, 0.05) is 18.3 Å². The van der Waals surface area contributed by atoms with Gasteiger partial charge in [0.1, 0.15) is 0 Å². The van der Waals surface area contributed by atoms with Gasteiger partial charge in [0.25, 0.3) is 0 Å². The second kappa shape index (κ2) is 9.48. The maximum Gasteiger partial charge on any atom is 0.241 e. The molecule has 1 aliphatic heterocycles. The van der Waals surface area contributed by atoms with Crippen LogP contribution in [-0.2, 0) is 23.1 Å². The fraction of sp³-hybridized carbons (Fsp3) is 0.318. The molecule has 3 aromatic rings. The molecule has 4 rings (SSSR count). The Kier molecular flexibility index (Phi) is 6.68. The van der Waals surface area contributed by atoms with Crippen LogP contribution in [0.2, 0.25) is 5.02 Å². The smallest absolute Gasteiger partial charge is 0.241 e. The molecule has 1 unspecified atom stereocenters. The predicted molar refractivity (Wildman–Crippen MR) is 121 cm³/mol. The molecule has 0 saturated heterocycles. The molecule has 0 radical (unpaired) electrons. The van der Waals surface area contributed by atoms with Crippen molar-refractivity contribution in [3.63, 3.8) is 0 Å². The standard InChI is InChI=1S/C22H24ClFN4O3S/c1-2-28-15(10-11-26-28)14-25-21-9-8-16(13-18(21)23)32(29,30)27-20-7-4-12-31-22-17(20)5-3-6-19(22)24/h3,5-6,8-11,13,20,25,27H,2,4,7,12,14H2,1H3. The van der Waals surface area contributed by atoms with Crippen molar-refractivity contribution >= 4 is 27.3 Å². The molecule has 2 heterocycles. The van der Waals surface area contributed by atoms with E-state index in [4.69, 9.17) is 16.3 Å². The van der Waals surface area contributed by atoms with Gasteiger partial charge in [-0.05, 0) is 50.1 Å². The number of rotatable bonds is 7. The van der Waals surface area contributed by atoms with Crippen LogP contribution in [0.4, 0.5) is 10.1 Å². The molecule has 170 valence electrons. The van der Waals surface area contributed by atoms with E-state index in [1.165, 1.54) is 18.2 Å². The quantitative estimate of drug-likeness (QED) is 0.522. The van der Waals surface area contributed by atoms with Crippen LogP contribution >= 0.6 is 11.6 Å². The summed E-state index contributed by atoms with van der Waals surface area (Å²) in [4.78, 5) is 0.0368. The van der Waals surface area contributed by atoms with Gasteiger partial charge in [0.15, 0.2) is 11.6 Å². The van der Waals surface area contributed by atoms with Crippen LogP contribution in [0.1, 0.15) is 37.1 Å². The van der Waals surface area contributed by atoms with Crippen molar-refractivity contribution in [1.29, 1.82) is 0 Å². The molecule has 0 amide bonds. The molecule has 1 aromatic heterocycles. The summed E-state index contributed by atoms with van der Waals surface area (Å²) in [5.74, 6) is -0.405. The molecule has 0 fully saturated rings. The SMILES string of the molecule is CCn1nccc1CNc1ccc(S(=O)(=O)NC2CCCOc3c(F)cccc32)cc1Cl. The summed E-state index contributed by atoms with van der Waals surface area (Å²) in [6.07, 6.45) is 2.82. The van der Waals surface area contributed by atoms with E-state index >= 15 is 0 Å². The number of nitrogens with one attached hydrogen (secondary N) is 2. The van der Waals surface area contributed by atoms with Crippen LogP contribution in [0, 0.1) is 5.82 Å². The van der Waals surface area contributed by atoms with Gasteiger partial charge in [0.05, 0.1) is 40.5 Å². The molecule has 0 spiro atoms. The summed E-state index contributed by atoms with van der Waals surface area (Å²) in [7, 11) is -3.89. The van der Waals surface area contributed by atoms with Crippen LogP contribution in [0.3, 0.4) is 0 Å². The number of hydrogen-bond acceptors (Lipinski definition) is 5. The van der Waals surface area contributed by atoms with E-state index < -0.39 is 21.9 Å². The van der Waals surface area contributed by atoms with E-state index in [1.807, 2.05) is 17.7 Å². The van der Waals surface area contributed by atoms with Crippen LogP contribution in [0.25, 0.3) is 0 Å². The van der Waals surface area contributed by atoms with Gasteiger partial charge < -0.3 is 10.1 Å². The van der Waals surface area contributed by atoms with E-state index in [2.05, 4.69) is 15.1 Å². The molecule has 7 nitrogen and oxygen atoms in total. The van der Waals surface area contributed by atoms with E-state index in [-0.39, 0.29) is 15.7 Å². The maximum absolute atomic E-state index is 14.2. The highest BCUT2D eigenvalue weighted by Crippen LogP contribution is 2.35. The fourth-order valence-corrected chi connectivity index (χ4v) is 5.32. The first kappa shape index (κ1) is 22.6. The summed E-state index contributed by atoms with van der Waals surface area (Å²) in [5, 5.41) is 7.72. The lowest BCUT2D eigenvalue weighted by atomic mass is 10.0. The Bertz CT molecular complexity index is 1220. The largest absolute Gasteiger partial charge is 0.490 e. The van der Waals surface area contributed by atoms with Gasteiger partial charge >= 0.3 is 0 Å². The van der Waals surface area contributed by atoms with Gasteiger partial charge in [-0.25, -0.2) is 17.5 Å². The zero-order chi connectivity index (χ0) is 22.7. The molecule has 1 atom stereocenters. The summed E-state index contributed by atoms with van der Waals surface area (Å²) in [6, 6.07) is 10.4. The summed E-state index contributed by atoms with van der Waals surface area (Å²) < 4.78 is 50.3. The van der Waals surface area contributed by atoms with Crippen molar-refractivity contribution in [2.45, 2.75) is 43.8 Å². The molecule has 2 N–H and O–H groups in total. The third-order valence-electron chi connectivity index (χ3n) is 5.37. The molecule has 0 saturated carbocycles. The van der Waals surface area contributed by atoms with E-state index in [0.717, 1.165) is 12.2 Å². The third-order valence-corrected chi connectivity index (χ3v) is 7.15. The summed E-state index contributed by atoms with van der Waals surface area (Å²) in [5.41, 5.74) is 2.09. The first-order chi connectivity index (χ1) is 15.4. The lowest BCUT2D eigenvalue weighted by Gasteiger charge is -2.19. The highest BCUT2D eigenvalue weighted by Gasteiger charge is 2.27. The zero-order valence-corrected chi connectivity index (χ0v) is 19.1. The number of nitrogens with zero attached hydrogens (tertiary/aromatic N) is 2. The van der Waals surface area contributed by atoms with Crippen LogP contribution in [-0.4, -0.2) is 24.8 Å². The minimum Gasteiger partial charge on any atom is -0.490 e. The van der Waals surface area contributed by atoms with Crippen molar-refractivity contribution in [2.75, 3.05) is 11.9 Å². The normalized spacial score (nSPS) is 16.2. The van der Waals surface area contributed by atoms with Gasteiger partial charge in [-0.15, -0.1) is 0 Å². The van der Waals surface area contributed by atoms with Crippen LogP contribution in [0.5, 0.6) is 5.75 Å². The molecular weight excluding hydrogens is 455 g/mol. The molecule has 1 aliphatic rings. The van der Waals surface area contributed by atoms with Crippen molar-refractivity contribution in [3.05, 3.63) is 70.8 Å². The number of fused-ring (bicyclic) bond motifs is 1. The third kappa shape index (κ3) is 4.74. The highest BCUT2D eigenvalue weighted by molar-refractivity contribution is 7.89. The molecule has 2 aromatic carbocycles. The average molecular weight is 479 g/mol. The number of hydrogen-bond donors (Lipinski definition) is 2. The Morgan fingerprint density at radius 3 is 2.91 bits per heavy atom. The number of para-hydroxylation sites is 1. The number of sulfonamides is 1. The Labute approximate surface area is 191 Å². The highest BCUT2D eigenvalue weighted by atomic mass is 35.5. The fourth-order valence-electron chi connectivity index (χ4n) is 3.73. The van der Waals surface area contributed by atoms with Gasteiger partial charge in [0.2, 0.25) is 10.0 Å². The minimum absolute atomic E-state index is 0.0368. The Morgan fingerprint density at radius 1 is 1.28 bits per heavy atom. The Morgan fingerprint density at radius 2 is 2.12 bits per heavy atom. The van der Waals surface area contributed by atoms with E-state index in [0.29, 0.717) is 37.2 Å². The first-order valence-corrected chi connectivity index (χ1v) is 12.2. The zero-order valence-electron chi connectivity index (χ0n) is 17.5. The molecule has 0 bridgehead atoms. The van der Waals surface area contributed by atoms with Gasteiger partial charge in [-0.3, -0.25) is 4.68 Å². The number of aromatic nitrogens is 2. The first-order valence-electron chi connectivity index (χ1n) is 10.4. The molecule has 32 heavy (non-hydrogen) atoms. The second-order valence-corrected chi connectivity index (χ2v) is 9.58. The summed E-state index contributed by atoms with van der Waals surface area (Å²) >= 11 is 6.37. The Hall–Kier alpha value is -2.62. The van der Waals surface area contributed by atoms with Gasteiger partial charge in [-0.1, -0.05) is 23.7 Å². The van der Waals surface area contributed by atoms with Crippen molar-refractivity contribution in [1.82, 2.24) is 14.5 Å². The topological polar surface area (TPSA) is 85.2 Å². The Balaban J connectivity index is 1.52. The average Bonchev–Trinajstić information content (AvgIpc) is 3.13. The maximum atomic E-state index is 14.2. The molecule has 0 aliphatic carbocycles. The summed E-state index contributed by atoms with van der Waals surface area (Å²) in [6.45, 7) is 3.58. The lowest BCUT2D eigenvalue weighted by Crippen LogP contribution is -2.28. The van der Waals surface area contributed by atoms with Crippen LogP contribution in [0.15, 0.2) is 53.6 Å². The number of halogens is 2. The molecule has 10 heteroatoms. The van der Waals surface area contributed by atoms with E-state index in [1.54, 1.807) is 24.4 Å². The van der Waals surface area contributed by atoms with Crippen LogP contribution < -0.4 is 14.8 Å². The second-order valence-electron chi connectivity index (χ2n) is 7.46. The lowest BCUT2D eigenvalue weighted by molar-refractivity contribution is 0.301. The van der Waals surface area contributed by atoms with Gasteiger partial charge in [-0.2, -0.15) is 5.10 Å². The molecular formula is C22H24ClFN4O3S. The predicted octanol–water partition coefficient (Wildman–Crippen LogP) is 4.50. The van der Waals surface area contributed by atoms with E-state index in [9.17, 15) is 12.8 Å². The monoisotopic (exact) mass is 478 g/mol. The van der Waals surface area contributed by atoms with Crippen molar-refractivity contribution in [2.24, 2.45) is 0 Å². The number of anilines is 1. The van der Waals surface area contributed by atoms with Crippen molar-refractivity contribution < 1.29 is 17.5 Å². The number of benzene rings is 2.